The molecule has 1 aromatic carbocycles. The zero-order chi connectivity index (χ0) is 11.5. The van der Waals surface area contributed by atoms with Crippen LogP contribution < -0.4 is 0 Å². The minimum atomic E-state index is -0.138. The predicted molar refractivity (Wildman–Crippen MR) is 58.3 cm³/mol. The molecule has 0 radical (unpaired) electrons. The number of hydrogen-bond acceptors (Lipinski definition) is 2. The van der Waals surface area contributed by atoms with Crippen LogP contribution in [0.3, 0.4) is 0 Å². The first-order chi connectivity index (χ1) is 7.70. The number of rotatable bonds is 2. The molecule has 0 heterocycles. The van der Waals surface area contributed by atoms with Gasteiger partial charge < -0.3 is 10.6 Å². The number of phenols is 1. The van der Waals surface area contributed by atoms with Crippen LogP contribution in [0.25, 0.3) is 5.53 Å². The number of phenolic OH excluding ortho intramolecular Hbond substituents is 1. The van der Waals surface area contributed by atoms with E-state index in [1.807, 2.05) is 6.07 Å². The molecule has 1 aromatic rings. The number of carbonyl (C=O) groups excluding carboxylic acids is 1. The molecule has 0 amide bonds. The molecule has 4 nitrogen and oxygen atoms in total. The number of Topliss-reactive ketones (excluding diaryl/α,β-unsaturated/α-hetero) is 1. The predicted octanol–water partition coefficient (Wildman–Crippen LogP) is 1.37. The van der Waals surface area contributed by atoms with Gasteiger partial charge in [-0.05, 0) is 42.5 Å². The molecule has 0 saturated heterocycles. The molecule has 1 aliphatic rings. The number of fused-ring (bicyclic) bond motifs is 1. The Labute approximate surface area is 93.2 Å². The van der Waals surface area contributed by atoms with Gasteiger partial charge in [-0.15, -0.1) is 0 Å². The van der Waals surface area contributed by atoms with Crippen molar-refractivity contribution >= 4 is 12.0 Å². The lowest BCUT2D eigenvalue weighted by atomic mass is 9.82. The number of aromatic hydroxyl groups is 1. The van der Waals surface area contributed by atoms with E-state index in [0.29, 0.717) is 6.42 Å². The number of benzene rings is 1. The topological polar surface area (TPSA) is 73.7 Å². The second-order valence-corrected chi connectivity index (χ2v) is 4.04. The standard InChI is InChI=1S/C12H12N2O2/c13-14-7-12(16)10-2-1-9-6-11(15)4-3-8(9)5-10/h3-4,6-7,10,15H,1-2,5H2/t10-/m0/s1. The lowest BCUT2D eigenvalue weighted by molar-refractivity contribution is -0.119. The first kappa shape index (κ1) is 10.6. The highest BCUT2D eigenvalue weighted by molar-refractivity contribution is 6.26. The van der Waals surface area contributed by atoms with Gasteiger partial charge in [-0.3, -0.25) is 4.79 Å². The molecular formula is C12H12N2O2. The summed E-state index contributed by atoms with van der Waals surface area (Å²) in [6.45, 7) is 0. The maximum Gasteiger partial charge on any atom is 0.323 e. The van der Waals surface area contributed by atoms with Crippen LogP contribution in [0.2, 0.25) is 0 Å². The normalized spacial score (nSPS) is 18.4. The molecule has 1 aliphatic carbocycles. The zero-order valence-electron chi connectivity index (χ0n) is 8.76. The summed E-state index contributed by atoms with van der Waals surface area (Å²) in [7, 11) is 0. The third kappa shape index (κ3) is 2.02. The van der Waals surface area contributed by atoms with Crippen LogP contribution in [0.15, 0.2) is 18.2 Å². The quantitative estimate of drug-likeness (QED) is 0.460. The van der Waals surface area contributed by atoms with Gasteiger partial charge in [0.2, 0.25) is 5.78 Å². The van der Waals surface area contributed by atoms with Crippen molar-refractivity contribution in [1.82, 2.24) is 0 Å². The summed E-state index contributed by atoms with van der Waals surface area (Å²) in [5.41, 5.74) is 10.5. The van der Waals surface area contributed by atoms with Gasteiger partial charge in [-0.1, -0.05) is 6.07 Å². The lowest BCUT2D eigenvalue weighted by Crippen LogP contribution is -2.23. The third-order valence-corrected chi connectivity index (χ3v) is 3.01. The molecule has 0 aliphatic heterocycles. The van der Waals surface area contributed by atoms with Crippen molar-refractivity contribution in [2.24, 2.45) is 5.92 Å². The fourth-order valence-corrected chi connectivity index (χ4v) is 2.15. The Balaban J connectivity index is 2.21. The van der Waals surface area contributed by atoms with E-state index >= 15 is 0 Å². The summed E-state index contributed by atoms with van der Waals surface area (Å²) < 4.78 is 0. The molecule has 4 heteroatoms. The third-order valence-electron chi connectivity index (χ3n) is 3.01. The number of ketones is 1. The average Bonchev–Trinajstić information content (AvgIpc) is 2.28. The molecular weight excluding hydrogens is 204 g/mol. The number of carbonyl (C=O) groups is 1. The van der Waals surface area contributed by atoms with Gasteiger partial charge in [-0.25, -0.2) is 0 Å². The Kier molecular flexibility index (Phi) is 2.84. The average molecular weight is 216 g/mol. The van der Waals surface area contributed by atoms with Crippen LogP contribution >= 0.6 is 0 Å². The smallest absolute Gasteiger partial charge is 0.323 e. The lowest BCUT2D eigenvalue weighted by Gasteiger charge is -2.21. The Hall–Kier alpha value is -1.93. The monoisotopic (exact) mass is 216 g/mol. The van der Waals surface area contributed by atoms with E-state index < -0.39 is 0 Å². The molecule has 0 fully saturated rings. The van der Waals surface area contributed by atoms with Crippen molar-refractivity contribution in [3.8, 4) is 5.75 Å². The Bertz CT molecular complexity index is 476. The van der Waals surface area contributed by atoms with E-state index in [2.05, 4.69) is 4.79 Å². The summed E-state index contributed by atoms with van der Waals surface area (Å²) >= 11 is 0. The summed E-state index contributed by atoms with van der Waals surface area (Å²) in [6, 6.07) is 5.22. The number of hydrogen-bond donors (Lipinski definition) is 1. The van der Waals surface area contributed by atoms with Crippen LogP contribution in [-0.2, 0) is 17.6 Å². The first-order valence-electron chi connectivity index (χ1n) is 5.22. The number of aryl methyl sites for hydroxylation is 1. The largest absolute Gasteiger partial charge is 0.508 e. The minimum Gasteiger partial charge on any atom is -0.508 e. The van der Waals surface area contributed by atoms with E-state index in [1.54, 1.807) is 12.1 Å². The fourth-order valence-electron chi connectivity index (χ4n) is 2.15. The van der Waals surface area contributed by atoms with Crippen LogP contribution in [0.1, 0.15) is 17.5 Å². The van der Waals surface area contributed by atoms with Crippen LogP contribution in [0, 0.1) is 5.92 Å². The van der Waals surface area contributed by atoms with E-state index in [0.717, 1.165) is 30.2 Å². The van der Waals surface area contributed by atoms with E-state index in [9.17, 15) is 9.90 Å². The molecule has 1 N–H and O–H groups in total. The van der Waals surface area contributed by atoms with Gasteiger partial charge in [-0.2, -0.15) is 4.79 Å². The van der Waals surface area contributed by atoms with Crippen LogP contribution in [0.5, 0.6) is 5.75 Å². The molecule has 0 aromatic heterocycles. The molecule has 0 unspecified atom stereocenters. The van der Waals surface area contributed by atoms with E-state index in [4.69, 9.17) is 5.53 Å². The van der Waals surface area contributed by atoms with Crippen LogP contribution in [0.4, 0.5) is 0 Å². The molecule has 16 heavy (non-hydrogen) atoms. The molecule has 1 atom stereocenters. The van der Waals surface area contributed by atoms with Crippen molar-refractivity contribution in [1.29, 1.82) is 0 Å². The van der Waals surface area contributed by atoms with E-state index in [-0.39, 0.29) is 17.5 Å². The Morgan fingerprint density at radius 2 is 2.31 bits per heavy atom. The Morgan fingerprint density at radius 1 is 1.50 bits per heavy atom. The molecule has 0 bridgehead atoms. The molecule has 82 valence electrons. The van der Waals surface area contributed by atoms with Gasteiger partial charge in [0.15, 0.2) is 0 Å². The maximum absolute atomic E-state index is 11.5. The second-order valence-electron chi connectivity index (χ2n) is 4.04. The van der Waals surface area contributed by atoms with E-state index in [1.165, 1.54) is 0 Å². The van der Waals surface area contributed by atoms with Crippen molar-refractivity contribution in [3.05, 3.63) is 34.9 Å². The van der Waals surface area contributed by atoms with Crippen molar-refractivity contribution in [2.45, 2.75) is 19.3 Å². The van der Waals surface area contributed by atoms with Crippen molar-refractivity contribution in [3.63, 3.8) is 0 Å². The van der Waals surface area contributed by atoms with Crippen LogP contribution in [-0.4, -0.2) is 21.9 Å². The molecule has 0 spiro atoms. The summed E-state index contributed by atoms with van der Waals surface area (Å²) in [4.78, 5) is 14.3. The highest BCUT2D eigenvalue weighted by atomic mass is 16.3. The zero-order valence-corrected chi connectivity index (χ0v) is 8.76. The molecule has 0 saturated carbocycles. The first-order valence-corrected chi connectivity index (χ1v) is 5.22. The summed E-state index contributed by atoms with van der Waals surface area (Å²) in [5, 5.41) is 9.33. The maximum atomic E-state index is 11.5. The highest BCUT2D eigenvalue weighted by Crippen LogP contribution is 2.28. The van der Waals surface area contributed by atoms with Gasteiger partial charge in [0.05, 0.1) is 0 Å². The van der Waals surface area contributed by atoms with Crippen molar-refractivity contribution in [2.75, 3.05) is 0 Å². The Morgan fingerprint density at radius 3 is 3.06 bits per heavy atom. The van der Waals surface area contributed by atoms with Gasteiger partial charge in [0.25, 0.3) is 0 Å². The fraction of sp³-hybridized carbons (Fsp3) is 0.333. The molecule has 2 rings (SSSR count). The van der Waals surface area contributed by atoms with Gasteiger partial charge in [0, 0.05) is 5.92 Å². The van der Waals surface area contributed by atoms with Gasteiger partial charge >= 0.3 is 6.21 Å². The number of nitrogens with zero attached hydrogens (tertiary/aromatic N) is 2. The summed E-state index contributed by atoms with van der Waals surface area (Å²) in [6.07, 6.45) is 3.14. The highest BCUT2D eigenvalue weighted by Gasteiger charge is 2.25. The SMILES string of the molecule is [N-]=[N+]=CC(=O)[C@H]1CCc2cc(O)ccc2C1. The summed E-state index contributed by atoms with van der Waals surface area (Å²) in [5.74, 6) is 0.0228. The second kappa shape index (κ2) is 4.29. The van der Waals surface area contributed by atoms with Gasteiger partial charge in [0.1, 0.15) is 5.75 Å². The minimum absolute atomic E-state index is 0.104. The van der Waals surface area contributed by atoms with Crippen molar-refractivity contribution < 1.29 is 14.7 Å².